The molecule has 0 aliphatic carbocycles. The number of alkyl halides is 2. The molecule has 1 atom stereocenters. The zero-order chi connectivity index (χ0) is 15.7. The SMILES string of the molecule is CC[C@@H](C)CCCCCC1=C\CC\C=C(C(C)(F)F)/C=N/1. The molecule has 0 N–H and O–H groups in total. The van der Waals surface area contributed by atoms with Crippen LogP contribution in [0, 0.1) is 5.92 Å². The zero-order valence-corrected chi connectivity index (χ0v) is 13.7. The molecule has 0 fully saturated rings. The van der Waals surface area contributed by atoms with Gasteiger partial charge < -0.3 is 0 Å². The molecule has 0 aromatic carbocycles. The van der Waals surface area contributed by atoms with Crippen molar-refractivity contribution in [3.8, 4) is 0 Å². The van der Waals surface area contributed by atoms with Crippen LogP contribution in [0.3, 0.4) is 0 Å². The van der Waals surface area contributed by atoms with Crippen molar-refractivity contribution in [1.29, 1.82) is 0 Å². The van der Waals surface area contributed by atoms with Gasteiger partial charge in [-0.2, -0.15) is 0 Å². The van der Waals surface area contributed by atoms with Gasteiger partial charge in [0.2, 0.25) is 0 Å². The van der Waals surface area contributed by atoms with Gasteiger partial charge in [0.05, 0.1) is 0 Å². The van der Waals surface area contributed by atoms with E-state index >= 15 is 0 Å². The molecule has 0 spiro atoms. The van der Waals surface area contributed by atoms with Crippen LogP contribution >= 0.6 is 0 Å². The Morgan fingerprint density at radius 2 is 1.90 bits per heavy atom. The Kier molecular flexibility index (Phi) is 7.84. The Morgan fingerprint density at radius 3 is 2.57 bits per heavy atom. The van der Waals surface area contributed by atoms with Crippen LogP contribution in [-0.4, -0.2) is 12.1 Å². The first-order valence-corrected chi connectivity index (χ1v) is 8.25. The zero-order valence-electron chi connectivity index (χ0n) is 13.7. The van der Waals surface area contributed by atoms with E-state index in [1.165, 1.54) is 31.9 Å². The smallest absolute Gasteiger partial charge is 0.261 e. The van der Waals surface area contributed by atoms with Gasteiger partial charge >= 0.3 is 0 Å². The molecule has 1 nitrogen and oxygen atoms in total. The van der Waals surface area contributed by atoms with Crippen LogP contribution in [0.1, 0.15) is 72.1 Å². The first-order chi connectivity index (χ1) is 9.93. The van der Waals surface area contributed by atoms with Crippen molar-refractivity contribution < 1.29 is 8.78 Å². The Labute approximate surface area is 128 Å². The summed E-state index contributed by atoms with van der Waals surface area (Å²) in [6.07, 6.45) is 13.5. The summed E-state index contributed by atoms with van der Waals surface area (Å²) in [6, 6.07) is 0. The van der Waals surface area contributed by atoms with Crippen LogP contribution in [0.25, 0.3) is 0 Å². The van der Waals surface area contributed by atoms with Gasteiger partial charge in [0.25, 0.3) is 5.92 Å². The maximum atomic E-state index is 13.3. The lowest BCUT2D eigenvalue weighted by molar-refractivity contribution is 0.0703. The maximum absolute atomic E-state index is 13.3. The highest BCUT2D eigenvalue weighted by Gasteiger charge is 2.25. The first-order valence-electron chi connectivity index (χ1n) is 8.25. The minimum Gasteiger partial charge on any atom is -0.261 e. The molecule has 1 aliphatic rings. The van der Waals surface area contributed by atoms with E-state index in [9.17, 15) is 8.78 Å². The molecule has 0 saturated heterocycles. The van der Waals surface area contributed by atoms with E-state index in [1.54, 1.807) is 6.08 Å². The van der Waals surface area contributed by atoms with Gasteiger partial charge in [0.1, 0.15) is 0 Å². The molecule has 0 aromatic rings. The average molecular weight is 297 g/mol. The fourth-order valence-electron chi connectivity index (χ4n) is 2.39. The molecular weight excluding hydrogens is 268 g/mol. The standard InChI is InChI=1S/C18H29F2N/c1-4-15(2)10-6-5-7-12-17-13-9-8-11-16(14-21-17)18(3,19)20/h11,13-15H,4-10,12H2,1-3H3/b16-11+,17-13-,21-14+/t15-/m1/s1. The van der Waals surface area contributed by atoms with E-state index in [0.717, 1.165) is 37.8 Å². The van der Waals surface area contributed by atoms with Gasteiger partial charge in [-0.1, -0.05) is 51.7 Å². The molecule has 0 amide bonds. The second-order valence-electron chi connectivity index (χ2n) is 6.19. The second-order valence-corrected chi connectivity index (χ2v) is 6.19. The van der Waals surface area contributed by atoms with Crippen molar-refractivity contribution in [3.63, 3.8) is 0 Å². The number of hydrogen-bond acceptors (Lipinski definition) is 1. The minimum absolute atomic E-state index is 0.0462. The van der Waals surface area contributed by atoms with Crippen LogP contribution < -0.4 is 0 Å². The number of rotatable bonds is 8. The van der Waals surface area contributed by atoms with Crippen molar-refractivity contribution in [2.75, 3.05) is 0 Å². The van der Waals surface area contributed by atoms with Crippen molar-refractivity contribution in [2.24, 2.45) is 10.9 Å². The van der Waals surface area contributed by atoms with Crippen LogP contribution in [0.2, 0.25) is 0 Å². The molecule has 1 rings (SSSR count). The largest absolute Gasteiger partial charge is 0.271 e. The summed E-state index contributed by atoms with van der Waals surface area (Å²) in [4.78, 5) is 4.27. The maximum Gasteiger partial charge on any atom is 0.271 e. The molecule has 3 heteroatoms. The van der Waals surface area contributed by atoms with E-state index < -0.39 is 5.92 Å². The lowest BCUT2D eigenvalue weighted by Gasteiger charge is -2.13. The van der Waals surface area contributed by atoms with Crippen molar-refractivity contribution in [3.05, 3.63) is 23.4 Å². The Hall–Kier alpha value is -0.990. The summed E-state index contributed by atoms with van der Waals surface area (Å²) in [6.45, 7) is 5.46. The number of hydrogen-bond donors (Lipinski definition) is 0. The van der Waals surface area contributed by atoms with Crippen molar-refractivity contribution in [2.45, 2.75) is 78.1 Å². The predicted octanol–water partition coefficient (Wildman–Crippen LogP) is 6.31. The van der Waals surface area contributed by atoms with E-state index in [4.69, 9.17) is 0 Å². The Morgan fingerprint density at radius 1 is 1.19 bits per heavy atom. The normalized spacial score (nSPS) is 24.2. The summed E-state index contributed by atoms with van der Waals surface area (Å²) >= 11 is 0. The highest BCUT2D eigenvalue weighted by atomic mass is 19.3. The summed E-state index contributed by atoms with van der Waals surface area (Å²) < 4.78 is 26.7. The highest BCUT2D eigenvalue weighted by Crippen LogP contribution is 2.25. The molecule has 1 heterocycles. The summed E-state index contributed by atoms with van der Waals surface area (Å²) in [7, 11) is 0. The summed E-state index contributed by atoms with van der Waals surface area (Å²) in [5.74, 6) is -1.98. The number of allylic oxidation sites excluding steroid dienone is 4. The third-order valence-electron chi connectivity index (χ3n) is 4.11. The van der Waals surface area contributed by atoms with Gasteiger partial charge in [-0.15, -0.1) is 0 Å². The number of unbranched alkanes of at least 4 members (excludes halogenated alkanes) is 2. The molecule has 1 aliphatic heterocycles. The second kappa shape index (κ2) is 9.11. The fourth-order valence-corrected chi connectivity index (χ4v) is 2.39. The van der Waals surface area contributed by atoms with Crippen molar-refractivity contribution in [1.82, 2.24) is 0 Å². The molecule has 0 saturated carbocycles. The first kappa shape index (κ1) is 18.1. The summed E-state index contributed by atoms with van der Waals surface area (Å²) in [5.41, 5.74) is 1.01. The van der Waals surface area contributed by atoms with Crippen molar-refractivity contribution >= 4 is 6.21 Å². The number of nitrogens with zero attached hydrogens (tertiary/aromatic N) is 1. The Bertz CT molecular complexity index is 389. The lowest BCUT2D eigenvalue weighted by atomic mass is 10.00. The molecule has 0 bridgehead atoms. The molecule has 21 heavy (non-hydrogen) atoms. The van der Waals surface area contributed by atoms with E-state index in [-0.39, 0.29) is 5.57 Å². The third kappa shape index (κ3) is 7.54. The van der Waals surface area contributed by atoms with Gasteiger partial charge in [-0.3, -0.25) is 4.99 Å². The van der Waals surface area contributed by atoms with Gasteiger partial charge in [-0.25, -0.2) is 8.78 Å². The number of halogens is 2. The summed E-state index contributed by atoms with van der Waals surface area (Å²) in [5, 5.41) is 0. The monoisotopic (exact) mass is 297 g/mol. The fraction of sp³-hybridized carbons (Fsp3) is 0.722. The quantitative estimate of drug-likeness (QED) is 0.465. The molecule has 0 radical (unpaired) electrons. The molecule has 0 unspecified atom stereocenters. The number of aliphatic imine (C=N–C) groups is 1. The van der Waals surface area contributed by atoms with Gasteiger partial charge in [0.15, 0.2) is 0 Å². The third-order valence-corrected chi connectivity index (χ3v) is 4.11. The van der Waals surface area contributed by atoms with E-state index in [1.807, 2.05) is 0 Å². The van der Waals surface area contributed by atoms with Gasteiger partial charge in [-0.05, 0) is 31.6 Å². The molecule has 120 valence electrons. The van der Waals surface area contributed by atoms with E-state index in [0.29, 0.717) is 6.42 Å². The van der Waals surface area contributed by atoms with Crippen LogP contribution in [-0.2, 0) is 0 Å². The molecule has 0 aromatic heterocycles. The minimum atomic E-state index is -2.79. The topological polar surface area (TPSA) is 12.4 Å². The van der Waals surface area contributed by atoms with Gasteiger partial charge in [0, 0.05) is 24.4 Å². The Balaban J connectivity index is 2.37. The molecular formula is C18H29F2N. The van der Waals surface area contributed by atoms with Crippen LogP contribution in [0.15, 0.2) is 28.4 Å². The average Bonchev–Trinajstić information content (AvgIpc) is 2.38. The van der Waals surface area contributed by atoms with Crippen LogP contribution in [0.4, 0.5) is 8.78 Å². The highest BCUT2D eigenvalue weighted by molar-refractivity contribution is 5.81. The van der Waals surface area contributed by atoms with E-state index in [2.05, 4.69) is 24.9 Å². The van der Waals surface area contributed by atoms with Crippen LogP contribution in [0.5, 0.6) is 0 Å². The predicted molar refractivity (Wildman–Crippen MR) is 87.1 cm³/mol. The lowest BCUT2D eigenvalue weighted by Crippen LogP contribution is -2.15.